The van der Waals surface area contributed by atoms with Gasteiger partial charge in [0.1, 0.15) is 11.3 Å². The van der Waals surface area contributed by atoms with E-state index in [2.05, 4.69) is 4.98 Å². The number of fused-ring (bicyclic) bond motifs is 1. The molecular weight excluding hydrogens is 189 g/mol. The number of hydrogen-bond acceptors (Lipinski definition) is 2. The summed E-state index contributed by atoms with van der Waals surface area (Å²) in [7, 11) is 0. The maximum atomic E-state index is 9.43. The topological polar surface area (TPSA) is 33.1 Å². The van der Waals surface area contributed by atoms with Crippen LogP contribution in [-0.4, -0.2) is 61.5 Å². The zero-order valence-electron chi connectivity index (χ0n) is 6.78. The van der Waals surface area contributed by atoms with Gasteiger partial charge in [-0.2, -0.15) is 0 Å². The molecule has 62 valence electrons. The predicted molar refractivity (Wildman–Crippen MR) is 55.3 cm³/mol. The van der Waals surface area contributed by atoms with Crippen LogP contribution in [0, 0.1) is 6.92 Å². The van der Waals surface area contributed by atoms with Gasteiger partial charge >= 0.3 is 51.4 Å². The van der Waals surface area contributed by atoms with Crippen molar-refractivity contribution < 1.29 is 5.11 Å². The van der Waals surface area contributed by atoms with Crippen LogP contribution in [-0.2, 0) is 0 Å². The number of hydrogen-bond donors (Lipinski definition) is 1. The van der Waals surface area contributed by atoms with Crippen LogP contribution in [0.25, 0.3) is 10.9 Å². The Labute approximate surface area is 119 Å². The van der Waals surface area contributed by atoms with Crippen molar-refractivity contribution in [2.24, 2.45) is 0 Å². The van der Waals surface area contributed by atoms with Crippen molar-refractivity contribution in [3.05, 3.63) is 36.0 Å². The first-order valence-electron chi connectivity index (χ1n) is 3.83. The molecule has 2 nitrogen and oxygen atoms in total. The van der Waals surface area contributed by atoms with Crippen molar-refractivity contribution >= 4 is 62.3 Å². The number of para-hydroxylation sites is 1. The van der Waals surface area contributed by atoms with Crippen LogP contribution in [0.5, 0.6) is 5.75 Å². The first-order valence-corrected chi connectivity index (χ1v) is 3.83. The van der Waals surface area contributed by atoms with E-state index in [1.165, 1.54) is 0 Å². The summed E-state index contributed by atoms with van der Waals surface area (Å²) in [6, 6.07) is 9.28. The molecular formula is C10H10KNO. The number of pyridine rings is 1. The van der Waals surface area contributed by atoms with E-state index < -0.39 is 0 Å². The number of aromatic nitrogens is 1. The molecule has 0 bridgehead atoms. The molecule has 3 heteroatoms. The van der Waals surface area contributed by atoms with Gasteiger partial charge in [0, 0.05) is 11.1 Å². The first kappa shape index (κ1) is 11.1. The summed E-state index contributed by atoms with van der Waals surface area (Å²) < 4.78 is 0. The zero-order valence-corrected chi connectivity index (χ0v) is 6.78. The normalized spacial score (nSPS) is 9.62. The van der Waals surface area contributed by atoms with E-state index in [4.69, 9.17) is 0 Å². The summed E-state index contributed by atoms with van der Waals surface area (Å²) in [5.74, 6) is 0.246. The van der Waals surface area contributed by atoms with Gasteiger partial charge in [-0.1, -0.05) is 18.2 Å². The molecule has 0 radical (unpaired) electrons. The zero-order chi connectivity index (χ0) is 8.55. The number of aryl methyl sites for hydroxylation is 1. The summed E-state index contributed by atoms with van der Waals surface area (Å²) in [4.78, 5) is 4.23. The molecule has 0 amide bonds. The number of benzene rings is 1. The Bertz CT molecular complexity index is 428. The Balaban J connectivity index is 0.000000845. The van der Waals surface area contributed by atoms with Gasteiger partial charge in [-0.15, -0.1) is 0 Å². The Morgan fingerprint density at radius 3 is 2.69 bits per heavy atom. The van der Waals surface area contributed by atoms with E-state index in [9.17, 15) is 5.11 Å². The first-order chi connectivity index (χ1) is 5.77. The predicted octanol–water partition coefficient (Wildman–Crippen LogP) is 1.60. The Morgan fingerprint density at radius 1 is 1.15 bits per heavy atom. The average molecular weight is 199 g/mol. The van der Waals surface area contributed by atoms with Crippen LogP contribution < -0.4 is 0 Å². The van der Waals surface area contributed by atoms with Crippen molar-refractivity contribution in [1.82, 2.24) is 4.98 Å². The second kappa shape index (κ2) is 4.53. The Morgan fingerprint density at radius 2 is 1.92 bits per heavy atom. The number of nitrogens with zero attached hydrogens (tertiary/aromatic N) is 1. The molecule has 13 heavy (non-hydrogen) atoms. The third-order valence-corrected chi connectivity index (χ3v) is 1.84. The van der Waals surface area contributed by atoms with Crippen molar-refractivity contribution in [2.75, 3.05) is 0 Å². The molecule has 1 N–H and O–H groups in total. The molecule has 1 aromatic carbocycles. The van der Waals surface area contributed by atoms with Gasteiger partial charge < -0.3 is 5.11 Å². The number of phenolic OH excluding ortho intramolecular Hbond substituents is 1. The molecule has 1 heterocycles. The number of aromatic hydroxyl groups is 1. The Hall–Kier alpha value is 0.0664. The third-order valence-electron chi connectivity index (χ3n) is 1.84. The van der Waals surface area contributed by atoms with Gasteiger partial charge in [0.15, 0.2) is 0 Å². The van der Waals surface area contributed by atoms with E-state index in [-0.39, 0.29) is 57.1 Å². The van der Waals surface area contributed by atoms with Gasteiger partial charge in [-0.25, -0.2) is 4.98 Å². The number of rotatable bonds is 0. The van der Waals surface area contributed by atoms with Crippen LogP contribution >= 0.6 is 0 Å². The molecule has 1 aromatic heterocycles. The molecule has 0 aliphatic carbocycles. The standard InChI is InChI=1S/C10H9NO.K.H/c1-7-5-6-8-3-2-4-9(12)10(8)11-7;;/h2-6,12H,1H3;;. The molecule has 0 aliphatic rings. The molecule has 0 saturated heterocycles. The van der Waals surface area contributed by atoms with E-state index >= 15 is 0 Å². The van der Waals surface area contributed by atoms with Gasteiger partial charge in [-0.05, 0) is 19.1 Å². The van der Waals surface area contributed by atoms with Crippen molar-refractivity contribution in [2.45, 2.75) is 6.92 Å². The fraction of sp³-hybridized carbons (Fsp3) is 0.100. The molecule has 0 saturated carbocycles. The molecule has 2 rings (SSSR count). The fourth-order valence-electron chi connectivity index (χ4n) is 1.23. The third kappa shape index (κ3) is 2.30. The summed E-state index contributed by atoms with van der Waals surface area (Å²) in [5.41, 5.74) is 1.60. The van der Waals surface area contributed by atoms with Crippen molar-refractivity contribution in [3.63, 3.8) is 0 Å². The second-order valence-corrected chi connectivity index (χ2v) is 2.80. The van der Waals surface area contributed by atoms with Crippen LogP contribution in [0.1, 0.15) is 5.69 Å². The fourth-order valence-corrected chi connectivity index (χ4v) is 1.23. The van der Waals surface area contributed by atoms with E-state index in [0.717, 1.165) is 11.1 Å². The molecule has 0 atom stereocenters. The monoisotopic (exact) mass is 199 g/mol. The van der Waals surface area contributed by atoms with Crippen molar-refractivity contribution in [3.8, 4) is 5.75 Å². The second-order valence-electron chi connectivity index (χ2n) is 2.80. The van der Waals surface area contributed by atoms with Gasteiger partial charge in [-0.3, -0.25) is 0 Å². The SMILES string of the molecule is Cc1ccc2cccc(O)c2n1.[KH]. The van der Waals surface area contributed by atoms with E-state index in [0.29, 0.717) is 5.52 Å². The minimum atomic E-state index is 0. The summed E-state index contributed by atoms with van der Waals surface area (Å²) >= 11 is 0. The van der Waals surface area contributed by atoms with Gasteiger partial charge in [0.25, 0.3) is 0 Å². The van der Waals surface area contributed by atoms with Crippen LogP contribution in [0.3, 0.4) is 0 Å². The summed E-state index contributed by atoms with van der Waals surface area (Å²) in [5, 5.41) is 10.4. The van der Waals surface area contributed by atoms with E-state index in [1.807, 2.05) is 31.2 Å². The average Bonchev–Trinajstić information content (AvgIpc) is 2.07. The molecule has 0 fully saturated rings. The van der Waals surface area contributed by atoms with Gasteiger partial charge in [0.2, 0.25) is 0 Å². The van der Waals surface area contributed by atoms with Gasteiger partial charge in [0.05, 0.1) is 0 Å². The Kier molecular flexibility index (Phi) is 3.88. The molecule has 0 spiro atoms. The molecule has 2 aromatic rings. The van der Waals surface area contributed by atoms with E-state index in [1.54, 1.807) is 6.07 Å². The minimum absolute atomic E-state index is 0. The van der Waals surface area contributed by atoms with Crippen molar-refractivity contribution in [1.29, 1.82) is 0 Å². The quantitative estimate of drug-likeness (QED) is 0.654. The van der Waals surface area contributed by atoms with Crippen LogP contribution in [0.4, 0.5) is 0 Å². The molecule has 0 aliphatic heterocycles. The summed E-state index contributed by atoms with van der Waals surface area (Å²) in [6.07, 6.45) is 0. The van der Waals surface area contributed by atoms with Crippen LogP contribution in [0.2, 0.25) is 0 Å². The maximum absolute atomic E-state index is 9.43. The number of phenols is 1. The molecule has 0 unspecified atom stereocenters. The summed E-state index contributed by atoms with van der Waals surface area (Å²) in [6.45, 7) is 1.91. The van der Waals surface area contributed by atoms with Crippen LogP contribution in [0.15, 0.2) is 30.3 Å².